The molecule has 0 heterocycles. The van der Waals surface area contributed by atoms with E-state index in [0.717, 1.165) is 25.7 Å². The van der Waals surface area contributed by atoms with Crippen LogP contribution in [0.25, 0.3) is 0 Å². The van der Waals surface area contributed by atoms with E-state index in [1.165, 1.54) is 31.3 Å². The van der Waals surface area contributed by atoms with Gasteiger partial charge in [0.2, 0.25) is 0 Å². The second-order valence-corrected chi connectivity index (χ2v) is 9.02. The quantitative estimate of drug-likeness (QED) is 0.593. The predicted octanol–water partition coefficient (Wildman–Crippen LogP) is 3.48. The first-order chi connectivity index (χ1) is 11.9. The maximum atomic E-state index is 11.9. The van der Waals surface area contributed by atoms with Gasteiger partial charge in [0.25, 0.3) is 6.29 Å². The first kappa shape index (κ1) is 17.3. The van der Waals surface area contributed by atoms with E-state index in [0.29, 0.717) is 17.3 Å². The lowest BCUT2D eigenvalue weighted by Gasteiger charge is -2.55. The van der Waals surface area contributed by atoms with Crippen molar-refractivity contribution < 1.29 is 19.7 Å². The van der Waals surface area contributed by atoms with E-state index >= 15 is 0 Å². The second-order valence-electron chi connectivity index (χ2n) is 9.02. The minimum absolute atomic E-state index is 0.198. The minimum Gasteiger partial charge on any atom is -0.458 e. The van der Waals surface area contributed by atoms with Crippen molar-refractivity contribution in [1.29, 1.82) is 0 Å². The summed E-state index contributed by atoms with van der Waals surface area (Å²) in [5.41, 5.74) is 3.17. The Hall–Kier alpha value is -1.13. The van der Waals surface area contributed by atoms with Crippen LogP contribution in [-0.4, -0.2) is 28.6 Å². The van der Waals surface area contributed by atoms with Gasteiger partial charge in [-0.15, -0.1) is 0 Å². The molecule has 0 bridgehead atoms. The molecule has 4 heteroatoms. The van der Waals surface area contributed by atoms with Crippen LogP contribution in [0.2, 0.25) is 0 Å². The van der Waals surface area contributed by atoms with Crippen molar-refractivity contribution >= 4 is 5.97 Å². The van der Waals surface area contributed by atoms with Gasteiger partial charge in [-0.1, -0.05) is 43.6 Å². The number of aliphatic hydroxyl groups excluding tert-OH is 1. The highest BCUT2D eigenvalue weighted by molar-refractivity contribution is 5.72. The van der Waals surface area contributed by atoms with Gasteiger partial charge in [-0.2, -0.15) is 0 Å². The summed E-state index contributed by atoms with van der Waals surface area (Å²) in [4.78, 5) is 11.9. The molecule has 4 rings (SSSR count). The number of rotatable bonds is 2. The lowest BCUT2D eigenvalue weighted by molar-refractivity contribution is -0.187. The van der Waals surface area contributed by atoms with Crippen molar-refractivity contribution in [3.8, 4) is 0 Å². The summed E-state index contributed by atoms with van der Waals surface area (Å²) in [6, 6.07) is 0. The standard InChI is InChI=1S/C21H30O4/c1-20-11-4-6-15(20)14-9-8-13-5-3-7-17(25-19(24)18(22)23)21(13,2)16(14)10-12-20/h8-9,15-18,22-23H,3-7,10-12H2,1-2H3/t15-,16-,17?,20-,21-/m0/s1. The second kappa shape index (κ2) is 5.95. The molecular formula is C21H30O4. The Morgan fingerprint density at radius 1 is 1.12 bits per heavy atom. The highest BCUT2D eigenvalue weighted by Gasteiger charge is 2.56. The van der Waals surface area contributed by atoms with Crippen molar-refractivity contribution in [3.63, 3.8) is 0 Å². The van der Waals surface area contributed by atoms with E-state index in [2.05, 4.69) is 26.0 Å². The van der Waals surface area contributed by atoms with Gasteiger partial charge in [0.1, 0.15) is 6.10 Å². The molecule has 0 aliphatic heterocycles. The summed E-state index contributed by atoms with van der Waals surface area (Å²) in [5.74, 6) is 0.158. The fraction of sp³-hybridized carbons (Fsp3) is 0.762. The third kappa shape index (κ3) is 2.52. The fourth-order valence-corrected chi connectivity index (χ4v) is 6.41. The number of aliphatic hydroxyl groups is 2. The van der Waals surface area contributed by atoms with Crippen LogP contribution >= 0.6 is 0 Å². The van der Waals surface area contributed by atoms with Crippen LogP contribution in [0.1, 0.15) is 65.2 Å². The number of allylic oxidation sites excluding steroid dienone is 3. The zero-order chi connectivity index (χ0) is 17.8. The molecule has 1 unspecified atom stereocenters. The van der Waals surface area contributed by atoms with E-state index < -0.39 is 12.3 Å². The zero-order valence-corrected chi connectivity index (χ0v) is 15.3. The van der Waals surface area contributed by atoms with E-state index in [1.54, 1.807) is 5.57 Å². The molecule has 4 aliphatic rings. The summed E-state index contributed by atoms with van der Waals surface area (Å²) < 4.78 is 5.60. The first-order valence-electron chi connectivity index (χ1n) is 9.84. The SMILES string of the molecule is C[C@@]12CCC[C@H]1C1=CC=C3CCCC(OC(=O)C(O)O)[C@]3(C)[C@H]1CC2. The van der Waals surface area contributed by atoms with Gasteiger partial charge in [0.15, 0.2) is 0 Å². The topological polar surface area (TPSA) is 66.8 Å². The third-order valence-electron chi connectivity index (χ3n) is 7.83. The predicted molar refractivity (Wildman–Crippen MR) is 94.4 cm³/mol. The van der Waals surface area contributed by atoms with Crippen molar-refractivity contribution in [1.82, 2.24) is 0 Å². The van der Waals surface area contributed by atoms with E-state index in [4.69, 9.17) is 4.74 Å². The van der Waals surface area contributed by atoms with Gasteiger partial charge >= 0.3 is 5.97 Å². The third-order valence-corrected chi connectivity index (χ3v) is 7.83. The van der Waals surface area contributed by atoms with Gasteiger partial charge in [0.05, 0.1) is 0 Å². The normalized spacial score (nSPS) is 42.8. The maximum Gasteiger partial charge on any atom is 0.363 e. The smallest absolute Gasteiger partial charge is 0.363 e. The van der Waals surface area contributed by atoms with Gasteiger partial charge in [-0.3, -0.25) is 0 Å². The number of hydrogen-bond acceptors (Lipinski definition) is 4. The fourth-order valence-electron chi connectivity index (χ4n) is 6.41. The number of ether oxygens (including phenoxy) is 1. The van der Waals surface area contributed by atoms with E-state index in [9.17, 15) is 15.0 Å². The minimum atomic E-state index is -2.04. The van der Waals surface area contributed by atoms with Gasteiger partial charge < -0.3 is 14.9 Å². The molecule has 0 aromatic heterocycles. The Labute approximate surface area is 149 Å². The van der Waals surface area contributed by atoms with Crippen LogP contribution in [0.4, 0.5) is 0 Å². The zero-order valence-electron chi connectivity index (χ0n) is 15.3. The molecule has 138 valence electrons. The lowest BCUT2D eigenvalue weighted by Crippen LogP contribution is -2.51. The molecule has 3 fully saturated rings. The lowest BCUT2D eigenvalue weighted by atomic mass is 9.51. The summed E-state index contributed by atoms with van der Waals surface area (Å²) in [7, 11) is 0. The number of fused-ring (bicyclic) bond motifs is 5. The van der Waals surface area contributed by atoms with Crippen molar-refractivity contribution in [2.75, 3.05) is 0 Å². The molecule has 0 aromatic carbocycles. The molecule has 0 spiro atoms. The van der Waals surface area contributed by atoms with Crippen LogP contribution in [0.15, 0.2) is 23.3 Å². The molecule has 0 aromatic rings. The largest absolute Gasteiger partial charge is 0.458 e. The number of carbonyl (C=O) groups excluding carboxylic acids is 1. The van der Waals surface area contributed by atoms with Crippen LogP contribution in [0.3, 0.4) is 0 Å². The molecule has 3 saturated carbocycles. The number of hydrogen-bond donors (Lipinski definition) is 2. The van der Waals surface area contributed by atoms with Gasteiger partial charge in [-0.05, 0) is 62.2 Å². The van der Waals surface area contributed by atoms with Gasteiger partial charge in [-0.25, -0.2) is 4.79 Å². The molecule has 25 heavy (non-hydrogen) atoms. The average molecular weight is 346 g/mol. The molecule has 4 aliphatic carbocycles. The van der Waals surface area contributed by atoms with Crippen LogP contribution in [-0.2, 0) is 9.53 Å². The van der Waals surface area contributed by atoms with Crippen LogP contribution in [0, 0.1) is 22.7 Å². The van der Waals surface area contributed by atoms with Crippen molar-refractivity contribution in [3.05, 3.63) is 23.3 Å². The van der Waals surface area contributed by atoms with E-state index in [-0.39, 0.29) is 11.5 Å². The number of esters is 1. The molecule has 0 amide bonds. The Kier molecular flexibility index (Phi) is 4.12. The summed E-state index contributed by atoms with van der Waals surface area (Å²) in [6.07, 6.45) is 11.5. The highest BCUT2D eigenvalue weighted by atomic mass is 16.6. The van der Waals surface area contributed by atoms with Crippen LogP contribution in [0.5, 0.6) is 0 Å². The van der Waals surface area contributed by atoms with Crippen molar-refractivity contribution in [2.24, 2.45) is 22.7 Å². The summed E-state index contributed by atoms with van der Waals surface area (Å²) >= 11 is 0. The Morgan fingerprint density at radius 3 is 2.68 bits per heavy atom. The first-order valence-corrected chi connectivity index (χ1v) is 9.84. The monoisotopic (exact) mass is 346 g/mol. The summed E-state index contributed by atoms with van der Waals surface area (Å²) in [5, 5.41) is 18.4. The summed E-state index contributed by atoms with van der Waals surface area (Å²) in [6.45, 7) is 4.69. The molecular weight excluding hydrogens is 316 g/mol. The molecule has 2 N–H and O–H groups in total. The molecule has 4 nitrogen and oxygen atoms in total. The maximum absolute atomic E-state index is 11.9. The Morgan fingerprint density at radius 2 is 1.92 bits per heavy atom. The highest BCUT2D eigenvalue weighted by Crippen LogP contribution is 2.63. The molecule has 5 atom stereocenters. The van der Waals surface area contributed by atoms with E-state index in [1.807, 2.05) is 0 Å². The van der Waals surface area contributed by atoms with Gasteiger partial charge in [0, 0.05) is 5.41 Å². The molecule has 0 radical (unpaired) electrons. The number of carbonyl (C=O) groups is 1. The van der Waals surface area contributed by atoms with Crippen molar-refractivity contribution in [2.45, 2.75) is 77.6 Å². The Balaban J connectivity index is 1.69. The Bertz CT molecular complexity index is 634. The average Bonchev–Trinajstić information content (AvgIpc) is 2.97. The van der Waals surface area contributed by atoms with Crippen LogP contribution < -0.4 is 0 Å². The molecule has 0 saturated heterocycles.